The fourth-order valence-corrected chi connectivity index (χ4v) is 4.94. The van der Waals surface area contributed by atoms with Crippen LogP contribution < -0.4 is 15.5 Å². The lowest BCUT2D eigenvalue weighted by Gasteiger charge is -2.10. The summed E-state index contributed by atoms with van der Waals surface area (Å²) in [6.45, 7) is 0.381. The van der Waals surface area contributed by atoms with Crippen LogP contribution in [0.1, 0.15) is 21.5 Å². The van der Waals surface area contributed by atoms with E-state index in [0.29, 0.717) is 33.5 Å². The molecule has 0 fully saturated rings. The van der Waals surface area contributed by atoms with Crippen LogP contribution in [0.4, 0.5) is 10.8 Å². The number of hydrogen-bond acceptors (Lipinski definition) is 6. The Kier molecular flexibility index (Phi) is 9.13. The van der Waals surface area contributed by atoms with Crippen molar-refractivity contribution in [3.63, 3.8) is 0 Å². The molecule has 5 aromatic rings. The number of aromatic nitrogens is 1. The summed E-state index contributed by atoms with van der Waals surface area (Å²) in [6.07, 6.45) is 1.51. The molecule has 1 aromatic heterocycles. The predicted molar refractivity (Wildman–Crippen MR) is 167 cm³/mol. The monoisotopic (exact) mass is 650 g/mol. The Morgan fingerprint density at radius 2 is 1.68 bits per heavy atom. The minimum atomic E-state index is -0.342. The molecular weight excluding hydrogens is 631 g/mol. The largest absolute Gasteiger partial charge is 0.488 e. The second-order valence-electron chi connectivity index (χ2n) is 8.54. The average molecular weight is 652 g/mol. The van der Waals surface area contributed by atoms with Gasteiger partial charge >= 0.3 is 0 Å². The van der Waals surface area contributed by atoms with E-state index in [0.717, 1.165) is 32.1 Å². The van der Waals surface area contributed by atoms with Crippen LogP contribution in [0, 0.1) is 0 Å². The van der Waals surface area contributed by atoms with E-state index in [9.17, 15) is 4.79 Å². The van der Waals surface area contributed by atoms with E-state index in [2.05, 4.69) is 36.8 Å². The van der Waals surface area contributed by atoms with E-state index in [-0.39, 0.29) is 5.91 Å². The van der Waals surface area contributed by atoms with Crippen LogP contribution in [0.2, 0.25) is 10.0 Å². The molecule has 6 nitrogen and oxygen atoms in total. The smallest absolute Gasteiger partial charge is 0.271 e. The molecule has 0 aliphatic rings. The third kappa shape index (κ3) is 7.49. The summed E-state index contributed by atoms with van der Waals surface area (Å²) in [4.78, 5) is 17.3. The predicted octanol–water partition coefficient (Wildman–Crippen LogP) is 8.97. The standard InChI is InChI=1S/C30H21BrCl2N4O2S/c31-23-7-1-19(2-8-23)17-39-28-14-11-25(33)15-22(28)16-34-37-29(38)21-5-3-20(4-6-21)27-18-40-30(36-27)35-26-12-9-24(32)10-13-26/h1-16,18H,17H2,(H,35,36)(H,37,38)/b34-16-. The van der Waals surface area contributed by atoms with E-state index in [4.69, 9.17) is 27.9 Å². The molecule has 0 saturated carbocycles. The molecule has 0 aliphatic carbocycles. The highest BCUT2D eigenvalue weighted by atomic mass is 79.9. The fraction of sp³-hybridized carbons (Fsp3) is 0.0333. The maximum Gasteiger partial charge on any atom is 0.271 e. The quantitative estimate of drug-likeness (QED) is 0.123. The number of ether oxygens (including phenoxy) is 1. The maximum absolute atomic E-state index is 12.7. The summed E-state index contributed by atoms with van der Waals surface area (Å²) in [6, 6.07) is 27.7. The number of benzene rings is 4. The van der Waals surface area contributed by atoms with Gasteiger partial charge in [0.1, 0.15) is 12.4 Å². The third-order valence-electron chi connectivity index (χ3n) is 5.69. The van der Waals surface area contributed by atoms with Gasteiger partial charge in [-0.3, -0.25) is 4.79 Å². The number of carbonyl (C=O) groups is 1. The first-order valence-electron chi connectivity index (χ1n) is 12.0. The summed E-state index contributed by atoms with van der Waals surface area (Å²) in [5, 5.41) is 11.3. The lowest BCUT2D eigenvalue weighted by Crippen LogP contribution is -2.17. The van der Waals surface area contributed by atoms with Crippen molar-refractivity contribution >= 4 is 73.4 Å². The highest BCUT2D eigenvalue weighted by Crippen LogP contribution is 2.28. The number of amides is 1. The van der Waals surface area contributed by atoms with Crippen molar-refractivity contribution in [2.45, 2.75) is 6.61 Å². The number of hydrazone groups is 1. The van der Waals surface area contributed by atoms with Gasteiger partial charge in [0.05, 0.1) is 11.9 Å². The zero-order valence-electron chi connectivity index (χ0n) is 20.8. The van der Waals surface area contributed by atoms with Gasteiger partial charge in [-0.25, -0.2) is 10.4 Å². The minimum absolute atomic E-state index is 0.342. The molecule has 200 valence electrons. The van der Waals surface area contributed by atoms with E-state index in [1.54, 1.807) is 30.3 Å². The molecule has 0 saturated heterocycles. The number of nitrogens with one attached hydrogen (secondary N) is 2. The van der Waals surface area contributed by atoms with Crippen molar-refractivity contribution in [3.8, 4) is 17.0 Å². The summed E-state index contributed by atoms with van der Waals surface area (Å²) in [5.74, 6) is 0.258. The Labute approximate surface area is 253 Å². The first-order chi connectivity index (χ1) is 19.4. The number of anilines is 2. The highest BCUT2D eigenvalue weighted by Gasteiger charge is 2.09. The zero-order chi connectivity index (χ0) is 27.9. The number of carbonyl (C=O) groups excluding carboxylic acids is 1. The molecular formula is C30H21BrCl2N4O2S. The van der Waals surface area contributed by atoms with Crippen molar-refractivity contribution in [1.82, 2.24) is 10.4 Å². The Morgan fingerprint density at radius 3 is 2.42 bits per heavy atom. The number of rotatable bonds is 9. The maximum atomic E-state index is 12.7. The molecule has 40 heavy (non-hydrogen) atoms. The van der Waals surface area contributed by atoms with Crippen LogP contribution in [0.3, 0.4) is 0 Å². The van der Waals surface area contributed by atoms with Gasteiger partial charge in [-0.15, -0.1) is 11.3 Å². The van der Waals surface area contributed by atoms with Crippen molar-refractivity contribution in [1.29, 1.82) is 0 Å². The summed E-state index contributed by atoms with van der Waals surface area (Å²) in [7, 11) is 0. The lowest BCUT2D eigenvalue weighted by atomic mass is 10.1. The van der Waals surface area contributed by atoms with Gasteiger partial charge in [0, 0.05) is 42.3 Å². The van der Waals surface area contributed by atoms with Crippen molar-refractivity contribution in [2.24, 2.45) is 5.10 Å². The number of thiazole rings is 1. The first kappa shape index (κ1) is 27.9. The fourth-order valence-electron chi connectivity index (χ4n) is 3.63. The molecule has 5 rings (SSSR count). The molecule has 0 atom stereocenters. The number of nitrogens with zero attached hydrogens (tertiary/aromatic N) is 2. The normalized spacial score (nSPS) is 11.0. The average Bonchev–Trinajstić information content (AvgIpc) is 3.43. The third-order valence-corrected chi connectivity index (χ3v) is 7.47. The van der Waals surface area contributed by atoms with Crippen LogP contribution in [-0.4, -0.2) is 17.1 Å². The molecule has 0 bridgehead atoms. The zero-order valence-corrected chi connectivity index (χ0v) is 24.7. The van der Waals surface area contributed by atoms with Crippen molar-refractivity contribution in [3.05, 3.63) is 128 Å². The van der Waals surface area contributed by atoms with Crippen LogP contribution in [-0.2, 0) is 6.61 Å². The van der Waals surface area contributed by atoms with Gasteiger partial charge in [0.2, 0.25) is 0 Å². The van der Waals surface area contributed by atoms with E-state index in [1.807, 2.05) is 66.0 Å². The van der Waals surface area contributed by atoms with Crippen LogP contribution in [0.15, 0.2) is 106 Å². The van der Waals surface area contributed by atoms with Crippen LogP contribution >= 0.6 is 50.5 Å². The Balaban J connectivity index is 1.19. The molecule has 0 radical (unpaired) electrons. The Morgan fingerprint density at radius 1 is 0.950 bits per heavy atom. The van der Waals surface area contributed by atoms with E-state index >= 15 is 0 Å². The Bertz CT molecular complexity index is 1640. The van der Waals surface area contributed by atoms with Crippen LogP contribution in [0.5, 0.6) is 5.75 Å². The van der Waals surface area contributed by atoms with E-state index in [1.165, 1.54) is 17.6 Å². The second-order valence-corrected chi connectivity index (χ2v) is 11.2. The van der Waals surface area contributed by atoms with Gasteiger partial charge in [-0.2, -0.15) is 5.10 Å². The molecule has 1 amide bonds. The highest BCUT2D eigenvalue weighted by molar-refractivity contribution is 9.10. The lowest BCUT2D eigenvalue weighted by molar-refractivity contribution is 0.0955. The number of hydrogen-bond donors (Lipinski definition) is 2. The molecule has 10 heteroatoms. The number of halogens is 3. The molecule has 4 aromatic carbocycles. The van der Waals surface area contributed by atoms with Gasteiger partial charge in [0.15, 0.2) is 5.13 Å². The van der Waals surface area contributed by atoms with Crippen LogP contribution in [0.25, 0.3) is 11.3 Å². The summed E-state index contributed by atoms with van der Waals surface area (Å²) in [5.41, 5.74) is 7.30. The first-order valence-corrected chi connectivity index (χ1v) is 14.4. The van der Waals surface area contributed by atoms with Gasteiger partial charge < -0.3 is 10.1 Å². The Hall–Kier alpha value is -3.69. The summed E-state index contributed by atoms with van der Waals surface area (Å²) < 4.78 is 6.96. The molecule has 2 N–H and O–H groups in total. The molecule has 0 unspecified atom stereocenters. The van der Waals surface area contributed by atoms with Gasteiger partial charge in [0.25, 0.3) is 5.91 Å². The van der Waals surface area contributed by atoms with Gasteiger partial charge in [-0.1, -0.05) is 63.4 Å². The summed E-state index contributed by atoms with van der Waals surface area (Å²) >= 11 is 17.0. The molecule has 1 heterocycles. The van der Waals surface area contributed by atoms with E-state index < -0.39 is 0 Å². The minimum Gasteiger partial charge on any atom is -0.488 e. The SMILES string of the molecule is O=C(N/N=C\c1cc(Cl)ccc1OCc1ccc(Br)cc1)c1ccc(-c2csc(Nc3ccc(Cl)cc3)n2)cc1. The second kappa shape index (κ2) is 13.1. The van der Waals surface area contributed by atoms with Crippen molar-refractivity contribution < 1.29 is 9.53 Å². The molecule has 0 spiro atoms. The van der Waals surface area contributed by atoms with Gasteiger partial charge in [-0.05, 0) is 72.3 Å². The molecule has 0 aliphatic heterocycles. The topological polar surface area (TPSA) is 75.6 Å². The van der Waals surface area contributed by atoms with Crippen molar-refractivity contribution in [2.75, 3.05) is 5.32 Å².